The highest BCUT2D eigenvalue weighted by atomic mass is 16.6. The SMILES string of the molecule is CC(C)(C)OC(=O)C[C@@H]1C/C=C/C[C@@H](CC(=O)N(CCO)Cc2ccccc2)C(=O)N2CCC[C@H]2COC1=O. The number of carbonyl (C=O) groups is 4. The molecule has 2 aliphatic rings. The number of hydrogen-bond acceptors (Lipinski definition) is 7. The van der Waals surface area contributed by atoms with Crippen molar-refractivity contribution in [3.63, 3.8) is 0 Å². The maximum absolute atomic E-state index is 13.6. The summed E-state index contributed by atoms with van der Waals surface area (Å²) in [6.45, 7) is 6.29. The summed E-state index contributed by atoms with van der Waals surface area (Å²) in [5.74, 6) is -2.53. The van der Waals surface area contributed by atoms with E-state index in [9.17, 15) is 24.3 Å². The average Bonchev–Trinajstić information content (AvgIpc) is 3.35. The molecule has 0 saturated carbocycles. The summed E-state index contributed by atoms with van der Waals surface area (Å²) in [6.07, 6.45) is 5.61. The summed E-state index contributed by atoms with van der Waals surface area (Å²) in [5.41, 5.74) is 0.290. The summed E-state index contributed by atoms with van der Waals surface area (Å²) < 4.78 is 11.0. The van der Waals surface area contributed by atoms with E-state index in [1.165, 1.54) is 0 Å². The molecule has 0 unspecified atom stereocenters. The number of esters is 2. The summed E-state index contributed by atoms with van der Waals surface area (Å²) in [5, 5.41) is 9.57. The summed E-state index contributed by atoms with van der Waals surface area (Å²) in [7, 11) is 0. The molecule has 1 aromatic carbocycles. The third-order valence-corrected chi connectivity index (χ3v) is 6.96. The van der Waals surface area contributed by atoms with Crippen LogP contribution >= 0.6 is 0 Å². The molecular weight excluding hydrogens is 500 g/mol. The van der Waals surface area contributed by atoms with Crippen LogP contribution in [0.3, 0.4) is 0 Å². The molecular formula is C30H42N2O7. The molecule has 39 heavy (non-hydrogen) atoms. The molecule has 1 N–H and O–H groups in total. The molecule has 0 aromatic heterocycles. The van der Waals surface area contributed by atoms with E-state index in [2.05, 4.69) is 0 Å². The van der Waals surface area contributed by atoms with Crippen molar-refractivity contribution < 1.29 is 33.8 Å². The Morgan fingerprint density at radius 1 is 1.08 bits per heavy atom. The van der Waals surface area contributed by atoms with Gasteiger partial charge in [-0.2, -0.15) is 0 Å². The van der Waals surface area contributed by atoms with Gasteiger partial charge in [-0.05, 0) is 52.0 Å². The van der Waals surface area contributed by atoms with Crippen LogP contribution in [-0.4, -0.2) is 76.6 Å². The normalized spacial score (nSPS) is 23.2. The van der Waals surface area contributed by atoms with Crippen molar-refractivity contribution in [3.05, 3.63) is 48.0 Å². The van der Waals surface area contributed by atoms with Crippen LogP contribution < -0.4 is 0 Å². The lowest BCUT2D eigenvalue weighted by Crippen LogP contribution is -2.44. The summed E-state index contributed by atoms with van der Waals surface area (Å²) in [6, 6.07) is 9.28. The summed E-state index contributed by atoms with van der Waals surface area (Å²) in [4.78, 5) is 55.6. The quantitative estimate of drug-likeness (QED) is 0.396. The number of allylic oxidation sites excluding steroid dienone is 2. The number of ether oxygens (including phenoxy) is 2. The Hall–Kier alpha value is -3.20. The van der Waals surface area contributed by atoms with Crippen molar-refractivity contribution in [2.45, 2.75) is 77.5 Å². The lowest BCUT2D eigenvalue weighted by molar-refractivity contribution is -0.162. The Bertz CT molecular complexity index is 1020. The van der Waals surface area contributed by atoms with Crippen molar-refractivity contribution in [3.8, 4) is 0 Å². The van der Waals surface area contributed by atoms with Gasteiger partial charge < -0.3 is 24.4 Å². The Morgan fingerprint density at radius 2 is 1.77 bits per heavy atom. The molecule has 214 valence electrons. The van der Waals surface area contributed by atoms with E-state index in [-0.39, 0.29) is 56.9 Å². The first-order valence-corrected chi connectivity index (χ1v) is 13.8. The topological polar surface area (TPSA) is 113 Å². The van der Waals surface area contributed by atoms with Crippen LogP contribution in [0.5, 0.6) is 0 Å². The fourth-order valence-corrected chi connectivity index (χ4v) is 5.03. The Kier molecular flexibility index (Phi) is 11.1. The number of fused-ring (bicyclic) bond motifs is 1. The van der Waals surface area contributed by atoms with Crippen LogP contribution in [0.1, 0.15) is 64.9 Å². The van der Waals surface area contributed by atoms with E-state index in [0.717, 1.165) is 12.0 Å². The second kappa shape index (κ2) is 14.3. The number of benzene rings is 1. The highest BCUT2D eigenvalue weighted by molar-refractivity contribution is 5.86. The molecule has 9 heteroatoms. The van der Waals surface area contributed by atoms with Gasteiger partial charge in [0.25, 0.3) is 0 Å². The van der Waals surface area contributed by atoms with E-state index >= 15 is 0 Å². The number of rotatable bonds is 8. The first-order chi connectivity index (χ1) is 18.6. The zero-order chi connectivity index (χ0) is 28.4. The summed E-state index contributed by atoms with van der Waals surface area (Å²) >= 11 is 0. The molecule has 3 rings (SSSR count). The molecule has 9 nitrogen and oxygen atoms in total. The van der Waals surface area contributed by atoms with Crippen LogP contribution in [-0.2, 0) is 35.2 Å². The van der Waals surface area contributed by atoms with Gasteiger partial charge in [0.1, 0.15) is 12.2 Å². The zero-order valence-electron chi connectivity index (χ0n) is 23.3. The van der Waals surface area contributed by atoms with Gasteiger partial charge in [0, 0.05) is 26.1 Å². The molecule has 0 radical (unpaired) electrons. The maximum Gasteiger partial charge on any atom is 0.309 e. The van der Waals surface area contributed by atoms with Crippen LogP contribution in [0.15, 0.2) is 42.5 Å². The minimum absolute atomic E-state index is 0.0142. The molecule has 2 aliphatic heterocycles. The fourth-order valence-electron chi connectivity index (χ4n) is 5.03. The minimum atomic E-state index is -0.688. The van der Waals surface area contributed by atoms with Crippen molar-refractivity contribution in [1.82, 2.24) is 9.80 Å². The van der Waals surface area contributed by atoms with Crippen molar-refractivity contribution in [2.75, 3.05) is 26.3 Å². The molecule has 0 spiro atoms. The fraction of sp³-hybridized carbons (Fsp3) is 0.600. The number of amides is 2. The standard InChI is InChI=1S/C30H42N2O7/c1-30(2,3)39-27(35)19-24-13-8-7-12-23(28(36)32-15-9-14-25(32)21-38-29(24)37)18-26(34)31(16-17-33)20-22-10-5-4-6-11-22/h4-8,10-11,23-25,33H,9,12-21H2,1-3H3/b8-7+/t23-,24-,25-/m0/s1. The lowest BCUT2D eigenvalue weighted by Gasteiger charge is -2.30. The number of aliphatic hydroxyl groups is 1. The third kappa shape index (κ3) is 9.49. The molecule has 1 aromatic rings. The Labute approximate surface area is 231 Å². The highest BCUT2D eigenvalue weighted by Crippen LogP contribution is 2.26. The van der Waals surface area contributed by atoms with E-state index in [1.54, 1.807) is 36.6 Å². The predicted octanol–water partition coefficient (Wildman–Crippen LogP) is 3.25. The number of nitrogens with zero attached hydrogens (tertiary/aromatic N) is 2. The van der Waals surface area contributed by atoms with Gasteiger partial charge in [0.15, 0.2) is 0 Å². The number of hydrogen-bond donors (Lipinski definition) is 1. The third-order valence-electron chi connectivity index (χ3n) is 6.96. The second-order valence-electron chi connectivity index (χ2n) is 11.3. The van der Waals surface area contributed by atoms with Gasteiger partial charge in [-0.25, -0.2) is 0 Å². The smallest absolute Gasteiger partial charge is 0.309 e. The minimum Gasteiger partial charge on any atom is -0.463 e. The Balaban J connectivity index is 1.76. The molecule has 2 amide bonds. The van der Waals surface area contributed by atoms with Gasteiger partial charge in [-0.1, -0.05) is 42.5 Å². The molecule has 0 bridgehead atoms. The number of cyclic esters (lactones) is 1. The van der Waals surface area contributed by atoms with Gasteiger partial charge in [0.05, 0.1) is 30.9 Å². The van der Waals surface area contributed by atoms with Crippen LogP contribution in [0.4, 0.5) is 0 Å². The Morgan fingerprint density at radius 3 is 2.44 bits per heavy atom. The first-order valence-electron chi connectivity index (χ1n) is 13.8. The van der Waals surface area contributed by atoms with E-state index < -0.39 is 29.4 Å². The van der Waals surface area contributed by atoms with Crippen LogP contribution in [0.25, 0.3) is 0 Å². The zero-order valence-corrected chi connectivity index (χ0v) is 23.3. The van der Waals surface area contributed by atoms with Gasteiger partial charge >= 0.3 is 11.9 Å². The predicted molar refractivity (Wildman–Crippen MR) is 145 cm³/mol. The first kappa shape index (κ1) is 30.3. The largest absolute Gasteiger partial charge is 0.463 e. The molecule has 2 heterocycles. The molecule has 1 fully saturated rings. The lowest BCUT2D eigenvalue weighted by atomic mass is 9.95. The maximum atomic E-state index is 13.6. The monoisotopic (exact) mass is 542 g/mol. The molecule has 1 saturated heterocycles. The number of aliphatic hydroxyl groups excluding tert-OH is 1. The average molecular weight is 543 g/mol. The van der Waals surface area contributed by atoms with Gasteiger partial charge in [-0.3, -0.25) is 19.2 Å². The number of carbonyl (C=O) groups excluding carboxylic acids is 4. The van der Waals surface area contributed by atoms with Crippen molar-refractivity contribution >= 4 is 23.8 Å². The highest BCUT2D eigenvalue weighted by Gasteiger charge is 2.36. The van der Waals surface area contributed by atoms with Gasteiger partial charge in [0.2, 0.25) is 11.8 Å². The molecule has 0 aliphatic carbocycles. The van der Waals surface area contributed by atoms with Crippen molar-refractivity contribution in [2.24, 2.45) is 11.8 Å². The van der Waals surface area contributed by atoms with Crippen molar-refractivity contribution in [1.29, 1.82) is 0 Å². The molecule has 3 atom stereocenters. The van der Waals surface area contributed by atoms with E-state index in [1.807, 2.05) is 36.4 Å². The van der Waals surface area contributed by atoms with E-state index in [4.69, 9.17) is 9.47 Å². The van der Waals surface area contributed by atoms with Crippen LogP contribution in [0.2, 0.25) is 0 Å². The van der Waals surface area contributed by atoms with Gasteiger partial charge in [-0.15, -0.1) is 0 Å². The second-order valence-corrected chi connectivity index (χ2v) is 11.3. The van der Waals surface area contributed by atoms with E-state index in [0.29, 0.717) is 25.9 Å². The van der Waals surface area contributed by atoms with Crippen LogP contribution in [0, 0.1) is 11.8 Å².